The molecule has 0 radical (unpaired) electrons. The molecular formula is C3H9CrO3P3. The Balaban J connectivity index is -0.00000000225. The van der Waals surface area contributed by atoms with E-state index in [0.717, 1.165) is 0 Å². The van der Waals surface area contributed by atoms with Crippen LogP contribution in [0.5, 0.6) is 0 Å². The monoisotopic (exact) mass is 238 g/mol. The molecule has 0 aliphatic heterocycles. The summed E-state index contributed by atoms with van der Waals surface area (Å²) in [5.41, 5.74) is 0. The van der Waals surface area contributed by atoms with Crippen molar-refractivity contribution in [3.05, 3.63) is 20.0 Å². The van der Waals surface area contributed by atoms with E-state index >= 15 is 0 Å². The quantitative estimate of drug-likeness (QED) is 0.325. The van der Waals surface area contributed by atoms with Crippen molar-refractivity contribution in [1.29, 1.82) is 0 Å². The summed E-state index contributed by atoms with van der Waals surface area (Å²) in [6.07, 6.45) is 0. The van der Waals surface area contributed by atoms with E-state index in [0.29, 0.717) is 0 Å². The third-order valence-electron chi connectivity index (χ3n) is 0. The van der Waals surface area contributed by atoms with Crippen LogP contribution in [0.3, 0.4) is 0 Å². The van der Waals surface area contributed by atoms with Crippen LogP contribution < -0.4 is 0 Å². The van der Waals surface area contributed by atoms with Crippen LogP contribution >= 0.6 is 29.7 Å². The second kappa shape index (κ2) is 756. The summed E-state index contributed by atoms with van der Waals surface area (Å²) in [4.78, 5) is 0. The average Bonchev–Trinajstić information content (AvgIpc) is 1.81. The SMILES string of the molecule is P.P.P.[C-]#[O+].[C-]#[O+].[C-]#[O+].[Cr]. The van der Waals surface area contributed by atoms with Gasteiger partial charge in [0.2, 0.25) is 0 Å². The Hall–Kier alpha value is 1.04. The van der Waals surface area contributed by atoms with Crippen molar-refractivity contribution in [1.82, 2.24) is 0 Å². The van der Waals surface area contributed by atoms with Crippen LogP contribution in [-0.2, 0) is 31.3 Å². The Morgan fingerprint density at radius 1 is 0.500 bits per heavy atom. The fourth-order valence-corrected chi connectivity index (χ4v) is 0. The zero-order valence-corrected chi connectivity index (χ0v) is 10.8. The molecule has 10 heavy (non-hydrogen) atoms. The summed E-state index contributed by atoms with van der Waals surface area (Å²) < 4.78 is 22.5. The molecule has 7 heteroatoms. The minimum Gasteiger partial charge on any atom is 0 e. The van der Waals surface area contributed by atoms with Crippen LogP contribution in [0.25, 0.3) is 0 Å². The van der Waals surface area contributed by atoms with Gasteiger partial charge in [-0.25, -0.2) is 0 Å². The zero-order chi connectivity index (χ0) is 6.00. The second-order valence-corrected chi connectivity index (χ2v) is 0. The molecule has 0 spiro atoms. The third kappa shape index (κ3) is 538. The summed E-state index contributed by atoms with van der Waals surface area (Å²) in [5.74, 6) is 0. The molecule has 0 aromatic rings. The topological polar surface area (TPSA) is 59.7 Å². The molecule has 0 saturated carbocycles. The molecule has 0 bridgehead atoms. The molecule has 0 aliphatic carbocycles. The van der Waals surface area contributed by atoms with E-state index in [2.05, 4.69) is 20.0 Å². The van der Waals surface area contributed by atoms with Gasteiger partial charge in [0, 0.05) is 17.4 Å². The van der Waals surface area contributed by atoms with Gasteiger partial charge in [-0.05, 0) is 0 Å². The Morgan fingerprint density at radius 2 is 0.500 bits per heavy atom. The van der Waals surface area contributed by atoms with Gasteiger partial charge < -0.3 is 0 Å². The molecule has 0 aromatic carbocycles. The first-order chi connectivity index (χ1) is 3.00. The molecule has 0 rings (SSSR count). The molecule has 0 aliphatic rings. The number of hydrogen-bond donors (Lipinski definition) is 0. The van der Waals surface area contributed by atoms with Crippen molar-refractivity contribution < 1.29 is 31.3 Å². The zero-order valence-electron chi connectivity index (χ0n) is 5.25. The standard InChI is InChI=1S/3CO.Cr.3H3P/c3*1-2;;;;/h;;;;3*1H3. The molecule has 0 N–H and O–H groups in total. The van der Waals surface area contributed by atoms with E-state index in [1.165, 1.54) is 0 Å². The van der Waals surface area contributed by atoms with Crippen molar-refractivity contribution in [3.63, 3.8) is 0 Å². The van der Waals surface area contributed by atoms with Gasteiger partial charge >= 0.3 is 33.9 Å². The maximum atomic E-state index is 7.50. The van der Waals surface area contributed by atoms with Crippen LogP contribution in [0, 0.1) is 20.0 Å². The van der Waals surface area contributed by atoms with Gasteiger partial charge in [-0.2, -0.15) is 29.7 Å². The summed E-state index contributed by atoms with van der Waals surface area (Å²) in [6, 6.07) is 0. The van der Waals surface area contributed by atoms with E-state index in [-0.39, 0.29) is 47.1 Å². The fraction of sp³-hybridized carbons (Fsp3) is 0. The van der Waals surface area contributed by atoms with Gasteiger partial charge in [0.25, 0.3) is 0 Å². The Kier molecular flexibility index (Phi) is 5150. The maximum absolute atomic E-state index is 7.50. The van der Waals surface area contributed by atoms with E-state index in [1.54, 1.807) is 0 Å². The fourth-order valence-electron chi connectivity index (χ4n) is 0. The first-order valence-electron chi connectivity index (χ1n) is 0.612. The van der Waals surface area contributed by atoms with Gasteiger partial charge in [-0.1, -0.05) is 0 Å². The van der Waals surface area contributed by atoms with Crippen LogP contribution in [0.4, 0.5) is 0 Å². The van der Waals surface area contributed by atoms with Crippen molar-refractivity contribution >= 4 is 29.7 Å². The predicted octanol–water partition coefficient (Wildman–Crippen LogP) is 0.0593. The normalized spacial score (nSPS) is 0.600. The number of hydrogen-bond acceptors (Lipinski definition) is 0. The van der Waals surface area contributed by atoms with Gasteiger partial charge in [0.15, 0.2) is 0 Å². The first kappa shape index (κ1) is 68.1. The van der Waals surface area contributed by atoms with Crippen LogP contribution in [0.15, 0.2) is 0 Å². The molecule has 3 atom stereocenters. The Labute approximate surface area is 81.2 Å². The largest absolute Gasteiger partial charge is 0 e. The van der Waals surface area contributed by atoms with E-state index in [1.807, 2.05) is 0 Å². The van der Waals surface area contributed by atoms with Gasteiger partial charge in [0.05, 0.1) is 0 Å². The third-order valence-corrected chi connectivity index (χ3v) is 0. The van der Waals surface area contributed by atoms with Gasteiger partial charge in [-0.3, -0.25) is 0 Å². The molecule has 60 valence electrons. The smallest absolute Gasteiger partial charge is 0 e. The van der Waals surface area contributed by atoms with Crippen LogP contribution in [-0.4, -0.2) is 0 Å². The van der Waals surface area contributed by atoms with Crippen molar-refractivity contribution in [3.8, 4) is 0 Å². The first-order valence-corrected chi connectivity index (χ1v) is 0.612. The molecule has 3 nitrogen and oxygen atoms in total. The Morgan fingerprint density at radius 3 is 0.500 bits per heavy atom. The molecule has 3 unspecified atom stereocenters. The van der Waals surface area contributed by atoms with Gasteiger partial charge in [-0.15, -0.1) is 0 Å². The van der Waals surface area contributed by atoms with E-state index in [9.17, 15) is 0 Å². The van der Waals surface area contributed by atoms with E-state index < -0.39 is 0 Å². The summed E-state index contributed by atoms with van der Waals surface area (Å²) in [7, 11) is 0. The average molecular weight is 238 g/mol. The molecule has 0 fully saturated rings. The predicted molar refractivity (Wildman–Crippen MR) is 45.1 cm³/mol. The van der Waals surface area contributed by atoms with Crippen molar-refractivity contribution in [2.75, 3.05) is 0 Å². The minimum absolute atomic E-state index is 0. The van der Waals surface area contributed by atoms with Crippen LogP contribution in [0.1, 0.15) is 0 Å². The van der Waals surface area contributed by atoms with Crippen LogP contribution in [0.2, 0.25) is 0 Å². The molecule has 0 heterocycles. The molecule has 0 saturated heterocycles. The molecular weight excluding hydrogens is 229 g/mol. The molecule has 0 amide bonds. The van der Waals surface area contributed by atoms with Gasteiger partial charge in [0.1, 0.15) is 0 Å². The maximum Gasteiger partial charge on any atom is 0 e. The second-order valence-electron chi connectivity index (χ2n) is 0. The van der Waals surface area contributed by atoms with E-state index in [4.69, 9.17) is 14.0 Å². The summed E-state index contributed by atoms with van der Waals surface area (Å²) in [6.45, 7) is 13.5. The van der Waals surface area contributed by atoms with Crippen molar-refractivity contribution in [2.45, 2.75) is 0 Å². The molecule has 0 aromatic heterocycles. The Bertz CT molecular complexity index is 47.5. The minimum atomic E-state index is 0. The number of rotatable bonds is 0. The van der Waals surface area contributed by atoms with Crippen molar-refractivity contribution in [2.24, 2.45) is 0 Å². The summed E-state index contributed by atoms with van der Waals surface area (Å²) in [5, 5.41) is 0. The summed E-state index contributed by atoms with van der Waals surface area (Å²) >= 11 is 0.